The second-order valence-electron chi connectivity index (χ2n) is 6.22. The lowest BCUT2D eigenvalue weighted by atomic mass is 10.2. The van der Waals surface area contributed by atoms with E-state index in [0.717, 1.165) is 17.3 Å². The third-order valence-corrected chi connectivity index (χ3v) is 4.21. The first-order valence-electron chi connectivity index (χ1n) is 7.92. The van der Waals surface area contributed by atoms with E-state index in [1.165, 1.54) is 24.1 Å². The zero-order chi connectivity index (χ0) is 15.8. The maximum Gasteiger partial charge on any atom is 0.203 e. The topological polar surface area (TPSA) is 58.4 Å². The summed E-state index contributed by atoms with van der Waals surface area (Å²) in [4.78, 5) is 6.51. The van der Waals surface area contributed by atoms with E-state index in [0.29, 0.717) is 12.5 Å². The first kappa shape index (κ1) is 14.0. The maximum absolute atomic E-state index is 4.42. The van der Waals surface area contributed by atoms with Gasteiger partial charge < -0.3 is 10.2 Å². The number of benzene rings is 1. The van der Waals surface area contributed by atoms with Gasteiger partial charge in [-0.15, -0.1) is 10.2 Å². The molecule has 0 aliphatic heterocycles. The van der Waals surface area contributed by atoms with Crippen LogP contribution in [0.15, 0.2) is 36.7 Å². The summed E-state index contributed by atoms with van der Waals surface area (Å²) < 4.78 is 2.06. The highest BCUT2D eigenvalue weighted by Crippen LogP contribution is 2.39. The molecule has 1 N–H and O–H groups in total. The van der Waals surface area contributed by atoms with Gasteiger partial charge in [0.25, 0.3) is 0 Å². The highest BCUT2D eigenvalue weighted by molar-refractivity contribution is 5.62. The Morgan fingerprint density at radius 3 is 2.65 bits per heavy atom. The molecule has 0 bridgehead atoms. The third kappa shape index (κ3) is 2.72. The average Bonchev–Trinajstić information content (AvgIpc) is 3.32. The van der Waals surface area contributed by atoms with Crippen molar-refractivity contribution in [3.05, 3.63) is 48.0 Å². The quantitative estimate of drug-likeness (QED) is 0.785. The molecule has 0 spiro atoms. The summed E-state index contributed by atoms with van der Waals surface area (Å²) in [6.45, 7) is 0.714. The van der Waals surface area contributed by atoms with Gasteiger partial charge in [0.05, 0.1) is 0 Å². The van der Waals surface area contributed by atoms with Crippen molar-refractivity contribution in [1.29, 1.82) is 0 Å². The van der Waals surface area contributed by atoms with Gasteiger partial charge in [-0.2, -0.15) is 0 Å². The Kier molecular flexibility index (Phi) is 3.37. The Morgan fingerprint density at radius 1 is 1.17 bits per heavy atom. The number of fused-ring (bicyclic) bond motifs is 1. The van der Waals surface area contributed by atoms with Crippen LogP contribution in [-0.4, -0.2) is 33.7 Å². The van der Waals surface area contributed by atoms with Crippen molar-refractivity contribution < 1.29 is 0 Å². The molecule has 1 aliphatic rings. The Morgan fingerprint density at radius 2 is 1.96 bits per heavy atom. The molecule has 0 unspecified atom stereocenters. The van der Waals surface area contributed by atoms with Crippen molar-refractivity contribution in [3.8, 4) is 0 Å². The standard InChI is InChI=1S/C17H20N6/c1-22(2)14-7-3-12(4-8-14)11-19-15-17-21-20-16(13-5-6-13)23(17)10-9-18-15/h3-4,7-10,13H,5-6,11H2,1-2H3,(H,18,19). The molecule has 1 fully saturated rings. The molecule has 0 atom stereocenters. The van der Waals surface area contributed by atoms with Crippen LogP contribution < -0.4 is 10.2 Å². The first-order chi connectivity index (χ1) is 11.2. The van der Waals surface area contributed by atoms with Crippen molar-refractivity contribution in [2.75, 3.05) is 24.3 Å². The summed E-state index contributed by atoms with van der Waals surface area (Å²) in [6, 6.07) is 8.49. The maximum atomic E-state index is 4.42. The molecule has 1 aliphatic carbocycles. The van der Waals surface area contributed by atoms with Gasteiger partial charge in [0.2, 0.25) is 5.65 Å². The van der Waals surface area contributed by atoms with Gasteiger partial charge >= 0.3 is 0 Å². The lowest BCUT2D eigenvalue weighted by Gasteiger charge is -2.13. The van der Waals surface area contributed by atoms with Crippen LogP contribution in [0.3, 0.4) is 0 Å². The van der Waals surface area contributed by atoms with Crippen LogP contribution in [0.2, 0.25) is 0 Å². The van der Waals surface area contributed by atoms with E-state index in [4.69, 9.17) is 0 Å². The van der Waals surface area contributed by atoms with Crippen LogP contribution in [-0.2, 0) is 6.54 Å². The van der Waals surface area contributed by atoms with E-state index >= 15 is 0 Å². The highest BCUT2D eigenvalue weighted by Gasteiger charge is 2.29. The minimum Gasteiger partial charge on any atom is -0.378 e. The van der Waals surface area contributed by atoms with Crippen LogP contribution in [0.1, 0.15) is 30.1 Å². The van der Waals surface area contributed by atoms with E-state index in [1.807, 2.05) is 20.3 Å². The van der Waals surface area contributed by atoms with E-state index in [1.54, 1.807) is 6.20 Å². The van der Waals surface area contributed by atoms with Crippen molar-refractivity contribution in [2.45, 2.75) is 25.3 Å². The molecular weight excluding hydrogens is 288 g/mol. The average molecular weight is 308 g/mol. The van der Waals surface area contributed by atoms with Gasteiger partial charge in [0, 0.05) is 44.6 Å². The molecule has 1 aromatic carbocycles. The number of aromatic nitrogens is 4. The molecule has 118 valence electrons. The van der Waals surface area contributed by atoms with E-state index < -0.39 is 0 Å². The SMILES string of the molecule is CN(C)c1ccc(CNc2nccn3c(C4CC4)nnc23)cc1. The first-order valence-corrected chi connectivity index (χ1v) is 7.92. The number of hydrogen-bond acceptors (Lipinski definition) is 5. The summed E-state index contributed by atoms with van der Waals surface area (Å²) in [5.41, 5.74) is 3.21. The lowest BCUT2D eigenvalue weighted by Crippen LogP contribution is -2.09. The molecule has 2 heterocycles. The summed E-state index contributed by atoms with van der Waals surface area (Å²) in [6.07, 6.45) is 6.17. The number of nitrogens with one attached hydrogen (secondary N) is 1. The molecular formula is C17H20N6. The Bertz CT molecular complexity index is 817. The van der Waals surface area contributed by atoms with Crippen LogP contribution in [0.4, 0.5) is 11.5 Å². The molecule has 23 heavy (non-hydrogen) atoms. The molecule has 2 aromatic heterocycles. The summed E-state index contributed by atoms with van der Waals surface area (Å²) >= 11 is 0. The largest absolute Gasteiger partial charge is 0.378 e. The van der Waals surface area contributed by atoms with Crippen LogP contribution >= 0.6 is 0 Å². The predicted molar refractivity (Wildman–Crippen MR) is 90.9 cm³/mol. The fourth-order valence-corrected chi connectivity index (χ4v) is 2.69. The van der Waals surface area contributed by atoms with Crippen molar-refractivity contribution in [3.63, 3.8) is 0 Å². The normalized spacial score (nSPS) is 14.2. The molecule has 6 nitrogen and oxygen atoms in total. The number of hydrogen-bond donors (Lipinski definition) is 1. The Balaban J connectivity index is 1.53. The monoisotopic (exact) mass is 308 g/mol. The predicted octanol–water partition coefficient (Wildman–Crippen LogP) is 2.68. The minimum absolute atomic E-state index is 0.568. The van der Waals surface area contributed by atoms with Crippen LogP contribution in [0.25, 0.3) is 5.65 Å². The molecule has 3 aromatic rings. The van der Waals surface area contributed by atoms with Gasteiger partial charge in [-0.1, -0.05) is 12.1 Å². The smallest absolute Gasteiger partial charge is 0.203 e. The number of anilines is 2. The van der Waals surface area contributed by atoms with Gasteiger partial charge in [0.15, 0.2) is 5.82 Å². The van der Waals surface area contributed by atoms with Gasteiger partial charge in [0.1, 0.15) is 5.82 Å². The van der Waals surface area contributed by atoms with Crippen LogP contribution in [0, 0.1) is 0 Å². The molecule has 1 saturated carbocycles. The fourth-order valence-electron chi connectivity index (χ4n) is 2.69. The fraction of sp³-hybridized carbons (Fsp3) is 0.353. The zero-order valence-electron chi connectivity index (χ0n) is 13.4. The van der Waals surface area contributed by atoms with E-state index in [-0.39, 0.29) is 0 Å². The van der Waals surface area contributed by atoms with Crippen molar-refractivity contribution in [2.24, 2.45) is 0 Å². The molecule has 4 rings (SSSR count). The number of nitrogens with zero attached hydrogens (tertiary/aromatic N) is 5. The van der Waals surface area contributed by atoms with E-state index in [2.05, 4.69) is 54.1 Å². The van der Waals surface area contributed by atoms with E-state index in [9.17, 15) is 0 Å². The zero-order valence-corrected chi connectivity index (χ0v) is 13.4. The molecule has 0 saturated heterocycles. The molecule has 0 radical (unpaired) electrons. The second-order valence-corrected chi connectivity index (χ2v) is 6.22. The van der Waals surface area contributed by atoms with Gasteiger partial charge in [-0.05, 0) is 30.5 Å². The molecule has 0 amide bonds. The summed E-state index contributed by atoms with van der Waals surface area (Å²) in [5, 5.41) is 12.0. The molecule has 6 heteroatoms. The Hall–Kier alpha value is -2.63. The van der Waals surface area contributed by atoms with Gasteiger partial charge in [-0.25, -0.2) is 4.98 Å². The minimum atomic E-state index is 0.568. The highest BCUT2D eigenvalue weighted by atomic mass is 15.3. The summed E-state index contributed by atoms with van der Waals surface area (Å²) in [7, 11) is 4.08. The van der Waals surface area contributed by atoms with Crippen LogP contribution in [0.5, 0.6) is 0 Å². The van der Waals surface area contributed by atoms with Gasteiger partial charge in [-0.3, -0.25) is 4.40 Å². The van der Waals surface area contributed by atoms with Crippen molar-refractivity contribution in [1.82, 2.24) is 19.6 Å². The summed E-state index contributed by atoms with van der Waals surface area (Å²) in [5.74, 6) is 2.41. The number of rotatable bonds is 5. The lowest BCUT2D eigenvalue weighted by molar-refractivity contribution is 0.894. The third-order valence-electron chi connectivity index (χ3n) is 4.21. The Labute approximate surface area is 135 Å². The second kappa shape index (κ2) is 5.53. The van der Waals surface area contributed by atoms with Crippen molar-refractivity contribution >= 4 is 17.2 Å².